The Bertz CT molecular complexity index is 1270. The lowest BCUT2D eigenvalue weighted by atomic mass is 10.1. The first-order valence-electron chi connectivity index (χ1n) is 9.85. The average Bonchev–Trinajstić information content (AvgIpc) is 3.39. The summed E-state index contributed by atoms with van der Waals surface area (Å²) in [5, 5.41) is 13.5. The van der Waals surface area contributed by atoms with E-state index in [1.165, 1.54) is 0 Å². The van der Waals surface area contributed by atoms with Crippen molar-refractivity contribution in [1.29, 1.82) is 5.26 Å². The highest BCUT2D eigenvalue weighted by Gasteiger charge is 2.11. The van der Waals surface area contributed by atoms with Crippen molar-refractivity contribution in [2.24, 2.45) is 0 Å². The first-order chi connectivity index (χ1) is 14.7. The van der Waals surface area contributed by atoms with Crippen LogP contribution in [0, 0.1) is 18.3 Å². The van der Waals surface area contributed by atoms with E-state index in [0.29, 0.717) is 13.0 Å². The number of H-pyrrole nitrogens is 1. The Hall–Kier alpha value is -4.04. The number of aryl methyl sites for hydroxylation is 1. The van der Waals surface area contributed by atoms with E-state index in [9.17, 15) is 10.1 Å². The zero-order valence-electron chi connectivity index (χ0n) is 16.7. The van der Waals surface area contributed by atoms with Gasteiger partial charge >= 0.3 is 0 Å². The summed E-state index contributed by atoms with van der Waals surface area (Å²) in [6.07, 6.45) is 6.20. The predicted molar refractivity (Wildman–Crippen MR) is 119 cm³/mol. The Morgan fingerprint density at radius 3 is 2.87 bits per heavy atom. The minimum Gasteiger partial charge on any atom is -0.361 e. The lowest BCUT2D eigenvalue weighted by Crippen LogP contribution is -2.26. The van der Waals surface area contributed by atoms with E-state index in [2.05, 4.69) is 22.4 Å². The molecule has 0 saturated carbocycles. The molecule has 0 bridgehead atoms. The molecule has 1 amide bonds. The maximum Gasteiger partial charge on any atom is 0.262 e. The van der Waals surface area contributed by atoms with E-state index in [1.807, 2.05) is 78.5 Å². The van der Waals surface area contributed by atoms with Gasteiger partial charge in [-0.25, -0.2) is 0 Å². The van der Waals surface area contributed by atoms with Crippen molar-refractivity contribution in [1.82, 2.24) is 14.9 Å². The van der Waals surface area contributed by atoms with Crippen molar-refractivity contribution in [2.75, 3.05) is 6.54 Å². The number of nitrogens with zero attached hydrogens (tertiary/aromatic N) is 2. The summed E-state index contributed by atoms with van der Waals surface area (Å²) < 4.78 is 1.96. The van der Waals surface area contributed by atoms with Crippen LogP contribution in [0.15, 0.2) is 78.6 Å². The SMILES string of the molecule is Cc1cccc(-n2cccc2/C=C(/C#N)C(=O)NCCc2c[nH]c3ccccc23)c1. The molecule has 0 spiro atoms. The maximum atomic E-state index is 12.6. The summed E-state index contributed by atoms with van der Waals surface area (Å²) in [5.41, 5.74) is 5.22. The summed E-state index contributed by atoms with van der Waals surface area (Å²) >= 11 is 0. The van der Waals surface area contributed by atoms with E-state index in [-0.39, 0.29) is 11.5 Å². The van der Waals surface area contributed by atoms with Gasteiger partial charge in [-0.1, -0.05) is 30.3 Å². The number of fused-ring (bicyclic) bond motifs is 1. The number of hydrogen-bond acceptors (Lipinski definition) is 2. The van der Waals surface area contributed by atoms with Crippen molar-refractivity contribution >= 4 is 22.9 Å². The largest absolute Gasteiger partial charge is 0.361 e. The van der Waals surface area contributed by atoms with Crippen LogP contribution in [-0.4, -0.2) is 22.0 Å². The van der Waals surface area contributed by atoms with E-state index in [1.54, 1.807) is 6.08 Å². The molecule has 0 unspecified atom stereocenters. The number of carbonyl (C=O) groups is 1. The minimum atomic E-state index is -0.366. The quantitative estimate of drug-likeness (QED) is 0.372. The highest BCUT2D eigenvalue weighted by molar-refractivity contribution is 6.01. The summed E-state index contributed by atoms with van der Waals surface area (Å²) in [6.45, 7) is 2.49. The number of nitrogens with one attached hydrogen (secondary N) is 2. The maximum absolute atomic E-state index is 12.6. The molecule has 2 aromatic carbocycles. The Labute approximate surface area is 175 Å². The van der Waals surface area contributed by atoms with Crippen LogP contribution in [0.4, 0.5) is 0 Å². The van der Waals surface area contributed by atoms with Gasteiger partial charge in [0.2, 0.25) is 0 Å². The summed E-state index contributed by atoms with van der Waals surface area (Å²) in [5.74, 6) is -0.366. The number of nitriles is 1. The van der Waals surface area contributed by atoms with E-state index in [4.69, 9.17) is 0 Å². The van der Waals surface area contributed by atoms with Crippen molar-refractivity contribution in [3.63, 3.8) is 0 Å². The average molecular weight is 394 g/mol. The Balaban J connectivity index is 1.46. The highest BCUT2D eigenvalue weighted by Crippen LogP contribution is 2.18. The second kappa shape index (κ2) is 8.54. The van der Waals surface area contributed by atoms with Gasteiger partial charge in [0.1, 0.15) is 11.6 Å². The molecule has 0 saturated heterocycles. The number of carbonyl (C=O) groups excluding carboxylic acids is 1. The molecule has 148 valence electrons. The molecule has 0 aliphatic rings. The van der Waals surface area contributed by atoms with E-state index >= 15 is 0 Å². The van der Waals surface area contributed by atoms with Crippen LogP contribution >= 0.6 is 0 Å². The van der Waals surface area contributed by atoms with Gasteiger partial charge in [0.25, 0.3) is 5.91 Å². The van der Waals surface area contributed by atoms with Crippen molar-refractivity contribution < 1.29 is 4.79 Å². The van der Waals surface area contributed by atoms with Gasteiger partial charge in [-0.05, 0) is 60.9 Å². The fourth-order valence-electron chi connectivity index (χ4n) is 3.57. The van der Waals surface area contributed by atoms with Gasteiger partial charge < -0.3 is 14.9 Å². The molecular formula is C25H22N4O. The number of benzene rings is 2. The molecule has 0 fully saturated rings. The monoisotopic (exact) mass is 394 g/mol. The Morgan fingerprint density at radius 1 is 1.17 bits per heavy atom. The molecule has 2 heterocycles. The van der Waals surface area contributed by atoms with Crippen LogP contribution in [-0.2, 0) is 11.2 Å². The standard InChI is InChI=1S/C25H22N4O/c1-18-6-4-7-21(14-18)29-13-5-8-22(29)15-20(16-26)25(30)27-12-11-19-17-28-24-10-3-2-9-23(19)24/h2-10,13-15,17,28H,11-12H2,1H3,(H,27,30)/b20-15-. The molecule has 0 aliphatic heterocycles. The Kier molecular flexibility index (Phi) is 5.49. The van der Waals surface area contributed by atoms with Crippen LogP contribution in [0.3, 0.4) is 0 Å². The second-order valence-electron chi connectivity index (χ2n) is 7.18. The van der Waals surface area contributed by atoms with E-state index < -0.39 is 0 Å². The predicted octanol–water partition coefficient (Wildman–Crippen LogP) is 4.53. The van der Waals surface area contributed by atoms with Crippen molar-refractivity contribution in [3.05, 3.63) is 95.5 Å². The fourth-order valence-corrected chi connectivity index (χ4v) is 3.57. The van der Waals surface area contributed by atoms with Crippen molar-refractivity contribution in [2.45, 2.75) is 13.3 Å². The third-order valence-electron chi connectivity index (χ3n) is 5.07. The number of rotatable bonds is 6. The van der Waals surface area contributed by atoms with Crippen LogP contribution < -0.4 is 5.32 Å². The molecule has 0 aliphatic carbocycles. The second-order valence-corrected chi connectivity index (χ2v) is 7.18. The van der Waals surface area contributed by atoms with Gasteiger partial charge in [0.05, 0.1) is 0 Å². The summed E-state index contributed by atoms with van der Waals surface area (Å²) in [6, 6.07) is 22.0. The van der Waals surface area contributed by atoms with Crippen LogP contribution in [0.1, 0.15) is 16.8 Å². The number of para-hydroxylation sites is 1. The number of hydrogen-bond donors (Lipinski definition) is 2. The number of aromatic nitrogens is 2. The Morgan fingerprint density at radius 2 is 2.03 bits per heavy atom. The van der Waals surface area contributed by atoms with E-state index in [0.717, 1.165) is 33.4 Å². The molecule has 4 rings (SSSR count). The number of aromatic amines is 1. The van der Waals surface area contributed by atoms with Gasteiger partial charge in [-0.2, -0.15) is 5.26 Å². The number of amides is 1. The molecule has 4 aromatic rings. The smallest absolute Gasteiger partial charge is 0.262 e. The third-order valence-corrected chi connectivity index (χ3v) is 5.07. The van der Waals surface area contributed by atoms with Gasteiger partial charge in [0.15, 0.2) is 0 Å². The van der Waals surface area contributed by atoms with Crippen LogP contribution in [0.5, 0.6) is 0 Å². The van der Waals surface area contributed by atoms with Gasteiger partial charge in [-0.15, -0.1) is 0 Å². The first kappa shape index (κ1) is 19.3. The van der Waals surface area contributed by atoms with Crippen LogP contribution in [0.2, 0.25) is 0 Å². The lowest BCUT2D eigenvalue weighted by Gasteiger charge is -2.08. The minimum absolute atomic E-state index is 0.0847. The molecule has 30 heavy (non-hydrogen) atoms. The molecule has 2 aromatic heterocycles. The molecule has 5 nitrogen and oxygen atoms in total. The zero-order chi connectivity index (χ0) is 20.9. The van der Waals surface area contributed by atoms with Crippen LogP contribution in [0.25, 0.3) is 22.7 Å². The zero-order valence-corrected chi connectivity index (χ0v) is 16.7. The molecule has 5 heteroatoms. The normalized spacial score (nSPS) is 11.4. The highest BCUT2D eigenvalue weighted by atomic mass is 16.1. The summed E-state index contributed by atoms with van der Waals surface area (Å²) in [4.78, 5) is 15.8. The lowest BCUT2D eigenvalue weighted by molar-refractivity contribution is -0.117. The van der Waals surface area contributed by atoms with Gasteiger partial charge in [0, 0.05) is 41.2 Å². The van der Waals surface area contributed by atoms with Gasteiger partial charge in [-0.3, -0.25) is 4.79 Å². The molecular weight excluding hydrogens is 372 g/mol. The molecule has 0 atom stereocenters. The first-order valence-corrected chi connectivity index (χ1v) is 9.85. The molecule has 2 N–H and O–H groups in total. The topological polar surface area (TPSA) is 73.6 Å². The fraction of sp³-hybridized carbons (Fsp3) is 0.120. The third kappa shape index (κ3) is 4.03. The van der Waals surface area contributed by atoms with Crippen molar-refractivity contribution in [3.8, 4) is 11.8 Å². The molecule has 0 radical (unpaired) electrons. The summed E-state index contributed by atoms with van der Waals surface area (Å²) in [7, 11) is 0.